The second-order valence-electron chi connectivity index (χ2n) is 7.92. The van der Waals surface area contributed by atoms with Crippen molar-refractivity contribution in [2.45, 2.75) is 9.79 Å². The van der Waals surface area contributed by atoms with Crippen LogP contribution < -0.4 is 0 Å². The van der Waals surface area contributed by atoms with Crippen molar-refractivity contribution in [1.29, 1.82) is 0 Å². The number of phenolic OH excluding ortho intramolecular Hbond substituents is 2. The summed E-state index contributed by atoms with van der Waals surface area (Å²) in [6.07, 6.45) is 2.89. The normalized spacial score (nSPS) is 12.8. The molecule has 12 heteroatoms. The van der Waals surface area contributed by atoms with Gasteiger partial charge in [-0.25, -0.2) is 25.4 Å². The Balaban J connectivity index is 2.29. The first-order valence-corrected chi connectivity index (χ1v) is 12.8. The number of hydrogen-bond donors (Lipinski definition) is 2. The fraction of sp³-hybridized carbons (Fsp3) is 0.182. The molecule has 0 fully saturated rings. The van der Waals surface area contributed by atoms with Crippen molar-refractivity contribution in [1.82, 2.24) is 18.6 Å². The van der Waals surface area contributed by atoms with Gasteiger partial charge in [-0.15, -0.1) is 0 Å². The van der Waals surface area contributed by atoms with Crippen LogP contribution >= 0.6 is 0 Å². The third-order valence-electron chi connectivity index (χ3n) is 5.43. The summed E-state index contributed by atoms with van der Waals surface area (Å²) < 4.78 is 53.9. The highest BCUT2D eigenvalue weighted by molar-refractivity contribution is 7.89. The highest BCUT2D eigenvalue weighted by Gasteiger charge is 2.32. The molecule has 0 radical (unpaired) electrons. The molecule has 0 atom stereocenters. The molecule has 0 bridgehead atoms. The molecule has 2 heterocycles. The predicted octanol–water partition coefficient (Wildman–Crippen LogP) is 2.36. The first-order chi connectivity index (χ1) is 15.9. The molecule has 4 aromatic rings. The molecule has 2 N–H and O–H groups in total. The van der Waals surface area contributed by atoms with Crippen LogP contribution in [0, 0.1) is 0 Å². The first-order valence-electron chi connectivity index (χ1n) is 9.96. The maximum absolute atomic E-state index is 13.0. The van der Waals surface area contributed by atoms with E-state index in [4.69, 9.17) is 0 Å². The summed E-state index contributed by atoms with van der Waals surface area (Å²) in [7, 11) is -2.96. The molecule has 2 aromatic heterocycles. The number of nitrogens with zero attached hydrogens (tertiary/aromatic N) is 4. The summed E-state index contributed by atoms with van der Waals surface area (Å²) in [6, 6.07) is 8.96. The van der Waals surface area contributed by atoms with Gasteiger partial charge in [-0.05, 0) is 24.3 Å². The molecule has 10 nitrogen and oxygen atoms in total. The standard InChI is InChI=1S/C22H22N4O6S2/c1-25(2)33(29,30)15-11-13-7-5-9-23-19(13)17(21(15)27)18-20-14(8-6-10-24-20)12-16(22(18)28)34(31,32)26(3)4/h5-12,27-28H,1-4H3. The summed E-state index contributed by atoms with van der Waals surface area (Å²) in [5.74, 6) is -1.36. The number of phenols is 2. The van der Waals surface area contributed by atoms with Gasteiger partial charge in [0.25, 0.3) is 0 Å². The van der Waals surface area contributed by atoms with Gasteiger partial charge in [0.05, 0.1) is 22.2 Å². The highest BCUT2D eigenvalue weighted by atomic mass is 32.2. The lowest BCUT2D eigenvalue weighted by Crippen LogP contribution is -2.23. The number of pyridine rings is 2. The molecule has 0 amide bonds. The fourth-order valence-corrected chi connectivity index (χ4v) is 5.67. The number of fused-ring (bicyclic) bond motifs is 2. The first kappa shape index (κ1) is 23.8. The van der Waals surface area contributed by atoms with E-state index in [2.05, 4.69) is 9.97 Å². The number of aromatic nitrogens is 2. The third kappa shape index (κ3) is 3.55. The minimum atomic E-state index is -4.12. The van der Waals surface area contributed by atoms with Crippen LogP contribution in [-0.4, -0.2) is 73.8 Å². The monoisotopic (exact) mass is 502 g/mol. The van der Waals surface area contributed by atoms with Crippen molar-refractivity contribution in [3.8, 4) is 22.6 Å². The van der Waals surface area contributed by atoms with E-state index >= 15 is 0 Å². The molecular formula is C22H22N4O6S2. The van der Waals surface area contributed by atoms with Gasteiger partial charge in [-0.1, -0.05) is 12.1 Å². The Kier molecular flexibility index (Phi) is 5.72. The number of sulfonamides is 2. The summed E-state index contributed by atoms with van der Waals surface area (Å²) >= 11 is 0. The minimum absolute atomic E-state index is 0.143. The Morgan fingerprint density at radius 2 is 1.03 bits per heavy atom. The predicted molar refractivity (Wildman–Crippen MR) is 128 cm³/mol. The minimum Gasteiger partial charge on any atom is -0.506 e. The van der Waals surface area contributed by atoms with Gasteiger partial charge in [-0.3, -0.25) is 9.97 Å². The molecule has 0 saturated carbocycles. The largest absolute Gasteiger partial charge is 0.506 e. The summed E-state index contributed by atoms with van der Waals surface area (Å²) in [4.78, 5) is 7.75. The van der Waals surface area contributed by atoms with Crippen LogP contribution in [0.2, 0.25) is 0 Å². The molecular weight excluding hydrogens is 480 g/mol. The number of aromatic hydroxyl groups is 2. The van der Waals surface area contributed by atoms with Gasteiger partial charge in [-0.2, -0.15) is 0 Å². The lowest BCUT2D eigenvalue weighted by Gasteiger charge is -2.20. The summed E-state index contributed by atoms with van der Waals surface area (Å²) in [6.45, 7) is 0. The van der Waals surface area contributed by atoms with Crippen molar-refractivity contribution in [3.05, 3.63) is 48.8 Å². The van der Waals surface area contributed by atoms with E-state index in [1.54, 1.807) is 24.3 Å². The van der Waals surface area contributed by atoms with Gasteiger partial charge in [0, 0.05) is 51.4 Å². The molecule has 0 saturated heterocycles. The lowest BCUT2D eigenvalue weighted by molar-refractivity contribution is 0.447. The van der Waals surface area contributed by atoms with E-state index in [0.29, 0.717) is 10.8 Å². The smallest absolute Gasteiger partial charge is 0.246 e. The van der Waals surface area contributed by atoms with Gasteiger partial charge >= 0.3 is 0 Å². The van der Waals surface area contributed by atoms with E-state index in [0.717, 1.165) is 8.61 Å². The molecule has 0 unspecified atom stereocenters. The van der Waals surface area contributed by atoms with Crippen LogP contribution in [0.15, 0.2) is 58.6 Å². The lowest BCUT2D eigenvalue weighted by atomic mass is 9.97. The zero-order chi connectivity index (χ0) is 25.0. The van der Waals surface area contributed by atoms with Crippen LogP contribution in [-0.2, 0) is 20.0 Å². The zero-order valence-electron chi connectivity index (χ0n) is 18.8. The quantitative estimate of drug-likeness (QED) is 0.424. The molecule has 0 spiro atoms. The van der Waals surface area contributed by atoms with E-state index in [1.165, 1.54) is 52.7 Å². The summed E-state index contributed by atoms with van der Waals surface area (Å²) in [5.41, 5.74) is 0.0461. The molecule has 34 heavy (non-hydrogen) atoms. The highest BCUT2D eigenvalue weighted by Crippen LogP contribution is 2.48. The zero-order valence-corrected chi connectivity index (χ0v) is 20.4. The van der Waals surface area contributed by atoms with Crippen molar-refractivity contribution in [2.24, 2.45) is 0 Å². The number of rotatable bonds is 5. The van der Waals surface area contributed by atoms with Crippen LogP contribution in [0.25, 0.3) is 32.9 Å². The average molecular weight is 503 g/mol. The number of benzene rings is 2. The molecule has 178 valence electrons. The van der Waals surface area contributed by atoms with Gasteiger partial charge in [0.15, 0.2) is 0 Å². The Morgan fingerprint density at radius 1 is 0.676 bits per heavy atom. The van der Waals surface area contributed by atoms with Crippen LogP contribution in [0.1, 0.15) is 0 Å². The van der Waals surface area contributed by atoms with Crippen molar-refractivity contribution < 1.29 is 27.0 Å². The van der Waals surface area contributed by atoms with E-state index in [9.17, 15) is 27.0 Å². The van der Waals surface area contributed by atoms with Gasteiger partial charge in [0.1, 0.15) is 21.3 Å². The Morgan fingerprint density at radius 3 is 1.35 bits per heavy atom. The number of hydrogen-bond acceptors (Lipinski definition) is 8. The molecule has 2 aromatic carbocycles. The van der Waals surface area contributed by atoms with Crippen molar-refractivity contribution in [3.63, 3.8) is 0 Å². The van der Waals surface area contributed by atoms with Crippen LogP contribution in [0.4, 0.5) is 0 Å². The molecule has 0 aliphatic rings. The Hall–Kier alpha value is -3.32. The van der Waals surface area contributed by atoms with E-state index in [-0.39, 0.29) is 22.2 Å². The van der Waals surface area contributed by atoms with Crippen molar-refractivity contribution in [2.75, 3.05) is 28.2 Å². The van der Waals surface area contributed by atoms with Crippen molar-refractivity contribution >= 4 is 41.9 Å². The molecule has 0 aliphatic heterocycles. The molecule has 0 aliphatic carbocycles. The maximum Gasteiger partial charge on any atom is 0.246 e. The molecule has 4 rings (SSSR count). The third-order valence-corrected chi connectivity index (χ3v) is 9.09. The van der Waals surface area contributed by atoms with E-state index < -0.39 is 41.3 Å². The maximum atomic E-state index is 13.0. The van der Waals surface area contributed by atoms with Crippen LogP contribution in [0.5, 0.6) is 11.5 Å². The fourth-order valence-electron chi connectivity index (χ4n) is 3.64. The van der Waals surface area contributed by atoms with Gasteiger partial charge < -0.3 is 10.2 Å². The van der Waals surface area contributed by atoms with Gasteiger partial charge in [0.2, 0.25) is 20.0 Å². The Bertz CT molecular complexity index is 1540. The topological polar surface area (TPSA) is 141 Å². The second-order valence-corrected chi connectivity index (χ2v) is 12.2. The SMILES string of the molecule is CN(C)S(=O)(=O)c1cc2cccnc2c(-c2c(O)c(S(=O)(=O)N(C)C)cc3cccnc23)c1O. The summed E-state index contributed by atoms with van der Waals surface area (Å²) in [5, 5.41) is 23.3. The second kappa shape index (κ2) is 8.17. The van der Waals surface area contributed by atoms with Crippen LogP contribution in [0.3, 0.4) is 0 Å². The Labute approximate surface area is 196 Å². The van der Waals surface area contributed by atoms with E-state index in [1.807, 2.05) is 0 Å². The average Bonchev–Trinajstić information content (AvgIpc) is 2.78.